The molecule has 1 aliphatic heterocycles. The molecule has 1 aliphatic carbocycles. The summed E-state index contributed by atoms with van der Waals surface area (Å²) in [6.07, 6.45) is 8.84. The summed E-state index contributed by atoms with van der Waals surface area (Å²) in [5.41, 5.74) is 0. The first kappa shape index (κ1) is 16.3. The van der Waals surface area contributed by atoms with Gasteiger partial charge in [0.1, 0.15) is 0 Å². The predicted molar refractivity (Wildman–Crippen MR) is 85.1 cm³/mol. The second kappa shape index (κ2) is 8.35. The molecule has 0 amide bonds. The Morgan fingerprint density at radius 1 is 1.15 bits per heavy atom. The molecule has 2 atom stereocenters. The highest BCUT2D eigenvalue weighted by Crippen LogP contribution is 2.29. The van der Waals surface area contributed by atoms with E-state index in [1.54, 1.807) is 0 Å². The lowest BCUT2D eigenvalue weighted by Gasteiger charge is -2.41. The molecule has 0 radical (unpaired) electrons. The molecule has 1 heterocycles. The van der Waals surface area contributed by atoms with Crippen molar-refractivity contribution in [2.45, 2.75) is 77.5 Å². The number of likely N-dealkylation sites (N-methyl/N-ethyl adjacent to an activating group) is 1. The zero-order valence-electron chi connectivity index (χ0n) is 13.7. The van der Waals surface area contributed by atoms with Crippen molar-refractivity contribution in [3.63, 3.8) is 0 Å². The molecule has 2 aliphatic rings. The van der Waals surface area contributed by atoms with Crippen LogP contribution in [0.2, 0.25) is 0 Å². The van der Waals surface area contributed by atoms with Gasteiger partial charge in [0, 0.05) is 25.2 Å². The average Bonchev–Trinajstić information content (AvgIpc) is 2.74. The summed E-state index contributed by atoms with van der Waals surface area (Å²) >= 11 is 0. The van der Waals surface area contributed by atoms with Crippen LogP contribution >= 0.6 is 0 Å². The van der Waals surface area contributed by atoms with Gasteiger partial charge >= 0.3 is 0 Å². The summed E-state index contributed by atoms with van der Waals surface area (Å²) in [4.78, 5) is 2.58. The third-order valence-electron chi connectivity index (χ3n) is 5.10. The Hall–Kier alpha value is -0.120. The summed E-state index contributed by atoms with van der Waals surface area (Å²) in [7, 11) is 0. The van der Waals surface area contributed by atoms with Crippen molar-refractivity contribution in [1.29, 1.82) is 0 Å². The first-order chi connectivity index (χ1) is 9.72. The van der Waals surface area contributed by atoms with E-state index in [1.807, 2.05) is 0 Å². The first-order valence-electron chi connectivity index (χ1n) is 8.81. The molecule has 1 N–H and O–H groups in total. The number of morpholine rings is 1. The second-order valence-electron chi connectivity index (χ2n) is 6.83. The van der Waals surface area contributed by atoms with Crippen LogP contribution in [0.1, 0.15) is 59.3 Å². The van der Waals surface area contributed by atoms with Gasteiger partial charge in [-0.1, -0.05) is 32.6 Å². The predicted octanol–water partition coefficient (Wildman–Crippen LogP) is 3.04. The van der Waals surface area contributed by atoms with E-state index in [1.165, 1.54) is 38.5 Å². The highest BCUT2D eigenvalue weighted by molar-refractivity contribution is 4.89. The van der Waals surface area contributed by atoms with Crippen molar-refractivity contribution in [2.75, 3.05) is 26.2 Å². The maximum absolute atomic E-state index is 6.16. The van der Waals surface area contributed by atoms with Crippen LogP contribution < -0.4 is 5.32 Å². The minimum atomic E-state index is 0.384. The van der Waals surface area contributed by atoms with Crippen LogP contribution in [0.5, 0.6) is 0 Å². The Labute approximate surface area is 125 Å². The van der Waals surface area contributed by atoms with Crippen LogP contribution in [0.15, 0.2) is 0 Å². The Balaban J connectivity index is 1.98. The molecule has 2 unspecified atom stereocenters. The number of hydrogen-bond acceptors (Lipinski definition) is 3. The maximum Gasteiger partial charge on any atom is 0.0858 e. The number of nitrogens with zero attached hydrogens (tertiary/aromatic N) is 1. The highest BCUT2D eigenvalue weighted by atomic mass is 16.5. The molecule has 0 bridgehead atoms. The van der Waals surface area contributed by atoms with Crippen LogP contribution in [0.3, 0.4) is 0 Å². The molecule has 3 heteroatoms. The molecule has 1 saturated carbocycles. The van der Waals surface area contributed by atoms with Gasteiger partial charge in [0.15, 0.2) is 0 Å². The lowest BCUT2D eigenvalue weighted by atomic mass is 9.87. The van der Waals surface area contributed by atoms with Crippen LogP contribution in [-0.4, -0.2) is 49.3 Å². The van der Waals surface area contributed by atoms with Crippen LogP contribution in [0.25, 0.3) is 0 Å². The third-order valence-corrected chi connectivity index (χ3v) is 5.10. The molecule has 1 saturated heterocycles. The van der Waals surface area contributed by atoms with Gasteiger partial charge in [-0.05, 0) is 39.2 Å². The monoisotopic (exact) mass is 282 g/mol. The van der Waals surface area contributed by atoms with Gasteiger partial charge in [-0.3, -0.25) is 4.90 Å². The van der Waals surface area contributed by atoms with Crippen LogP contribution in [-0.2, 0) is 4.74 Å². The zero-order chi connectivity index (χ0) is 14.4. The SMILES string of the molecule is CCNC(C1CCCCCC1)C1CN(C(C)C)CCO1. The number of ether oxygens (including phenoxy) is 1. The Morgan fingerprint density at radius 2 is 1.85 bits per heavy atom. The molecular weight excluding hydrogens is 248 g/mol. The fourth-order valence-corrected chi connectivity index (χ4v) is 3.89. The topological polar surface area (TPSA) is 24.5 Å². The van der Waals surface area contributed by atoms with Gasteiger partial charge in [-0.2, -0.15) is 0 Å². The summed E-state index contributed by atoms with van der Waals surface area (Å²) in [5, 5.41) is 3.76. The Morgan fingerprint density at radius 3 is 2.45 bits per heavy atom. The molecule has 0 aromatic carbocycles. The molecule has 118 valence electrons. The Bertz CT molecular complexity index is 262. The van der Waals surface area contributed by atoms with Crippen molar-refractivity contribution in [3.05, 3.63) is 0 Å². The van der Waals surface area contributed by atoms with Crippen molar-refractivity contribution < 1.29 is 4.74 Å². The number of hydrogen-bond donors (Lipinski definition) is 1. The molecule has 0 spiro atoms. The van der Waals surface area contributed by atoms with Crippen molar-refractivity contribution in [2.24, 2.45) is 5.92 Å². The molecule has 20 heavy (non-hydrogen) atoms. The maximum atomic E-state index is 6.16. The van der Waals surface area contributed by atoms with Crippen molar-refractivity contribution in [3.8, 4) is 0 Å². The van der Waals surface area contributed by atoms with E-state index in [0.29, 0.717) is 18.2 Å². The van der Waals surface area contributed by atoms with Crippen LogP contribution in [0.4, 0.5) is 0 Å². The van der Waals surface area contributed by atoms with Crippen molar-refractivity contribution in [1.82, 2.24) is 10.2 Å². The smallest absolute Gasteiger partial charge is 0.0858 e. The summed E-state index contributed by atoms with van der Waals surface area (Å²) in [5.74, 6) is 0.814. The quantitative estimate of drug-likeness (QED) is 0.784. The minimum absolute atomic E-state index is 0.384. The van der Waals surface area contributed by atoms with Gasteiger partial charge < -0.3 is 10.1 Å². The summed E-state index contributed by atoms with van der Waals surface area (Å²) in [6, 6.07) is 1.19. The fourth-order valence-electron chi connectivity index (χ4n) is 3.89. The first-order valence-corrected chi connectivity index (χ1v) is 8.81. The number of rotatable bonds is 5. The van der Waals surface area contributed by atoms with E-state index in [4.69, 9.17) is 4.74 Å². The lowest BCUT2D eigenvalue weighted by Crippen LogP contribution is -2.56. The summed E-state index contributed by atoms with van der Waals surface area (Å²) in [6.45, 7) is 11.0. The van der Waals surface area contributed by atoms with E-state index < -0.39 is 0 Å². The van der Waals surface area contributed by atoms with Gasteiger partial charge in [0.25, 0.3) is 0 Å². The highest BCUT2D eigenvalue weighted by Gasteiger charge is 2.33. The molecule has 2 fully saturated rings. The van der Waals surface area contributed by atoms with E-state index in [-0.39, 0.29) is 0 Å². The normalized spacial score (nSPS) is 28.5. The largest absolute Gasteiger partial charge is 0.374 e. The molecule has 2 rings (SSSR count). The Kier molecular flexibility index (Phi) is 6.79. The summed E-state index contributed by atoms with van der Waals surface area (Å²) < 4.78 is 6.16. The van der Waals surface area contributed by atoms with E-state index in [9.17, 15) is 0 Å². The van der Waals surface area contributed by atoms with Crippen LogP contribution in [0, 0.1) is 5.92 Å². The molecule has 3 nitrogen and oxygen atoms in total. The van der Waals surface area contributed by atoms with E-state index in [2.05, 4.69) is 31.0 Å². The lowest BCUT2D eigenvalue weighted by molar-refractivity contribution is -0.0656. The standard InChI is InChI=1S/C17H34N2O/c1-4-18-17(15-9-7-5-6-8-10-15)16-13-19(14(2)3)11-12-20-16/h14-18H,4-13H2,1-3H3. The number of nitrogens with one attached hydrogen (secondary N) is 1. The fraction of sp³-hybridized carbons (Fsp3) is 1.00. The van der Waals surface area contributed by atoms with Crippen molar-refractivity contribution >= 4 is 0 Å². The zero-order valence-corrected chi connectivity index (χ0v) is 13.7. The van der Waals surface area contributed by atoms with E-state index >= 15 is 0 Å². The molecule has 0 aromatic heterocycles. The van der Waals surface area contributed by atoms with Gasteiger partial charge in [-0.15, -0.1) is 0 Å². The third kappa shape index (κ3) is 4.44. The molecular formula is C17H34N2O. The second-order valence-corrected chi connectivity index (χ2v) is 6.83. The average molecular weight is 282 g/mol. The molecule has 0 aromatic rings. The van der Waals surface area contributed by atoms with Gasteiger partial charge in [0.05, 0.1) is 12.7 Å². The van der Waals surface area contributed by atoms with E-state index in [0.717, 1.165) is 32.2 Å². The van der Waals surface area contributed by atoms with Gasteiger partial charge in [-0.25, -0.2) is 0 Å². The van der Waals surface area contributed by atoms with Gasteiger partial charge in [0.2, 0.25) is 0 Å². The minimum Gasteiger partial charge on any atom is -0.374 e.